The summed E-state index contributed by atoms with van der Waals surface area (Å²) in [6, 6.07) is 0. The second kappa shape index (κ2) is 4.44. The van der Waals surface area contributed by atoms with Crippen LogP contribution in [0.3, 0.4) is 0 Å². The number of fused-ring (bicyclic) bond motifs is 1. The topological polar surface area (TPSA) is 52.6 Å². The molecule has 0 spiro atoms. The lowest BCUT2D eigenvalue weighted by Gasteiger charge is -2.23. The molecule has 0 saturated heterocycles. The van der Waals surface area contributed by atoms with Crippen molar-refractivity contribution < 1.29 is 19.1 Å². The third-order valence-electron chi connectivity index (χ3n) is 3.66. The van der Waals surface area contributed by atoms with Gasteiger partial charge in [0.1, 0.15) is 12.2 Å². The van der Waals surface area contributed by atoms with Gasteiger partial charge in [0.2, 0.25) is 0 Å². The van der Waals surface area contributed by atoms with Crippen LogP contribution in [0, 0.1) is 11.8 Å². The van der Waals surface area contributed by atoms with Crippen molar-refractivity contribution in [3.05, 3.63) is 0 Å². The summed E-state index contributed by atoms with van der Waals surface area (Å²) in [5, 5.41) is 0. The van der Waals surface area contributed by atoms with Crippen molar-refractivity contribution in [2.45, 2.75) is 51.7 Å². The van der Waals surface area contributed by atoms with E-state index >= 15 is 0 Å². The zero-order chi connectivity index (χ0) is 11.7. The molecule has 0 aromatic rings. The maximum absolute atomic E-state index is 11.1. The van der Waals surface area contributed by atoms with E-state index in [0.29, 0.717) is 11.8 Å². The fourth-order valence-electron chi connectivity index (χ4n) is 3.18. The van der Waals surface area contributed by atoms with Crippen LogP contribution in [-0.4, -0.2) is 24.1 Å². The average Bonchev–Trinajstić information content (AvgIpc) is 2.68. The van der Waals surface area contributed by atoms with Crippen molar-refractivity contribution in [3.63, 3.8) is 0 Å². The van der Waals surface area contributed by atoms with E-state index in [1.165, 1.54) is 26.7 Å². The van der Waals surface area contributed by atoms with Crippen molar-refractivity contribution in [3.8, 4) is 0 Å². The van der Waals surface area contributed by atoms with Gasteiger partial charge in [-0.3, -0.25) is 9.59 Å². The molecule has 0 radical (unpaired) electrons. The normalized spacial score (nSPS) is 36.9. The first-order valence-electron chi connectivity index (χ1n) is 5.92. The quantitative estimate of drug-likeness (QED) is 0.672. The number of esters is 2. The molecule has 0 aliphatic heterocycles. The molecule has 2 aliphatic carbocycles. The molecule has 4 atom stereocenters. The van der Waals surface area contributed by atoms with Crippen molar-refractivity contribution >= 4 is 11.9 Å². The fraction of sp³-hybridized carbons (Fsp3) is 0.833. The Labute approximate surface area is 95.3 Å². The van der Waals surface area contributed by atoms with Crippen LogP contribution in [0.15, 0.2) is 0 Å². The molecule has 16 heavy (non-hydrogen) atoms. The standard InChI is InChI=1S/C12H18O4/c1-7(13)15-11-6-9-4-3-5-10(9)12(11)16-8(2)14/h9-12H,3-6H2,1-2H3/t9-,10-,11+,12-/m1/s1. The van der Waals surface area contributed by atoms with Gasteiger partial charge in [0.25, 0.3) is 0 Å². The second-order valence-electron chi connectivity index (χ2n) is 4.81. The maximum Gasteiger partial charge on any atom is 0.303 e. The maximum atomic E-state index is 11.1. The number of ether oxygens (including phenoxy) is 2. The molecule has 4 nitrogen and oxygen atoms in total. The Morgan fingerprint density at radius 3 is 2.38 bits per heavy atom. The van der Waals surface area contributed by atoms with Crippen LogP contribution in [0.5, 0.6) is 0 Å². The first kappa shape index (κ1) is 11.4. The van der Waals surface area contributed by atoms with Crippen LogP contribution in [0.2, 0.25) is 0 Å². The number of rotatable bonds is 2. The Morgan fingerprint density at radius 1 is 1.06 bits per heavy atom. The van der Waals surface area contributed by atoms with Crippen LogP contribution in [-0.2, 0) is 19.1 Å². The van der Waals surface area contributed by atoms with Gasteiger partial charge in [-0.15, -0.1) is 0 Å². The van der Waals surface area contributed by atoms with Crippen molar-refractivity contribution in [1.29, 1.82) is 0 Å². The highest BCUT2D eigenvalue weighted by Gasteiger charge is 2.48. The molecule has 0 aromatic carbocycles. The Bertz CT molecular complexity index is 299. The van der Waals surface area contributed by atoms with E-state index in [4.69, 9.17) is 9.47 Å². The van der Waals surface area contributed by atoms with E-state index in [1.807, 2.05) is 0 Å². The summed E-state index contributed by atoms with van der Waals surface area (Å²) >= 11 is 0. The van der Waals surface area contributed by atoms with E-state index in [9.17, 15) is 9.59 Å². The number of hydrogen-bond donors (Lipinski definition) is 0. The molecule has 0 amide bonds. The van der Waals surface area contributed by atoms with Crippen LogP contribution in [0.1, 0.15) is 39.5 Å². The summed E-state index contributed by atoms with van der Waals surface area (Å²) in [7, 11) is 0. The monoisotopic (exact) mass is 226 g/mol. The first-order chi connectivity index (χ1) is 7.58. The van der Waals surface area contributed by atoms with E-state index in [1.54, 1.807) is 0 Å². The Kier molecular flexibility index (Phi) is 3.17. The van der Waals surface area contributed by atoms with Crippen LogP contribution in [0.4, 0.5) is 0 Å². The summed E-state index contributed by atoms with van der Waals surface area (Å²) in [6.45, 7) is 2.81. The van der Waals surface area contributed by atoms with E-state index in [0.717, 1.165) is 12.8 Å². The minimum atomic E-state index is -0.290. The highest BCUT2D eigenvalue weighted by molar-refractivity contribution is 5.67. The lowest BCUT2D eigenvalue weighted by atomic mass is 9.99. The molecule has 2 aliphatic rings. The molecular weight excluding hydrogens is 208 g/mol. The summed E-state index contributed by atoms with van der Waals surface area (Å²) in [5.41, 5.74) is 0. The van der Waals surface area contributed by atoms with Crippen LogP contribution in [0.25, 0.3) is 0 Å². The molecule has 0 bridgehead atoms. The lowest BCUT2D eigenvalue weighted by molar-refractivity contribution is -0.165. The first-order valence-corrected chi connectivity index (χ1v) is 5.92. The predicted octanol–water partition coefficient (Wildman–Crippen LogP) is 1.67. The molecule has 2 fully saturated rings. The summed E-state index contributed by atoms with van der Waals surface area (Å²) in [6.07, 6.45) is 3.86. The van der Waals surface area contributed by atoms with Gasteiger partial charge in [-0.2, -0.15) is 0 Å². The van der Waals surface area contributed by atoms with E-state index in [2.05, 4.69) is 0 Å². The summed E-state index contributed by atoms with van der Waals surface area (Å²) < 4.78 is 10.6. The van der Waals surface area contributed by atoms with Gasteiger partial charge in [-0.05, 0) is 25.2 Å². The zero-order valence-corrected chi connectivity index (χ0v) is 9.77. The third kappa shape index (κ3) is 2.20. The zero-order valence-electron chi connectivity index (χ0n) is 9.77. The number of hydrogen-bond acceptors (Lipinski definition) is 4. The molecule has 0 aromatic heterocycles. The summed E-state index contributed by atoms with van der Waals surface area (Å²) in [5.74, 6) is 0.388. The Hall–Kier alpha value is -1.06. The Balaban J connectivity index is 2.06. The SMILES string of the molecule is CC(=O)O[C@@H]1[C@@H]2CCC[C@@H]2C[C@@H]1OC(C)=O. The van der Waals surface area contributed by atoms with Gasteiger partial charge in [-0.1, -0.05) is 6.42 Å². The molecule has 0 unspecified atom stereocenters. The van der Waals surface area contributed by atoms with Crippen molar-refractivity contribution in [2.24, 2.45) is 11.8 Å². The molecule has 0 N–H and O–H groups in total. The van der Waals surface area contributed by atoms with E-state index < -0.39 is 0 Å². The molecule has 0 heterocycles. The van der Waals surface area contributed by atoms with Crippen LogP contribution < -0.4 is 0 Å². The van der Waals surface area contributed by atoms with Gasteiger partial charge < -0.3 is 9.47 Å². The predicted molar refractivity (Wildman–Crippen MR) is 56.6 cm³/mol. The van der Waals surface area contributed by atoms with Gasteiger partial charge in [0.15, 0.2) is 0 Å². The highest BCUT2D eigenvalue weighted by atomic mass is 16.6. The summed E-state index contributed by atoms with van der Waals surface area (Å²) in [4.78, 5) is 22.0. The lowest BCUT2D eigenvalue weighted by Crippen LogP contribution is -2.33. The minimum absolute atomic E-state index is 0.214. The fourth-order valence-corrected chi connectivity index (χ4v) is 3.18. The molecule has 4 heteroatoms. The average molecular weight is 226 g/mol. The number of carbonyl (C=O) groups excluding carboxylic acids is 2. The van der Waals surface area contributed by atoms with E-state index in [-0.39, 0.29) is 24.1 Å². The molecule has 2 saturated carbocycles. The number of carbonyl (C=O) groups is 2. The van der Waals surface area contributed by atoms with Gasteiger partial charge in [0.05, 0.1) is 0 Å². The van der Waals surface area contributed by atoms with Gasteiger partial charge in [0, 0.05) is 19.8 Å². The third-order valence-corrected chi connectivity index (χ3v) is 3.66. The Morgan fingerprint density at radius 2 is 1.75 bits per heavy atom. The van der Waals surface area contributed by atoms with Gasteiger partial charge in [-0.25, -0.2) is 0 Å². The molecule has 90 valence electrons. The van der Waals surface area contributed by atoms with Crippen molar-refractivity contribution in [1.82, 2.24) is 0 Å². The molecule has 2 rings (SSSR count). The molecular formula is C12H18O4. The largest absolute Gasteiger partial charge is 0.459 e. The van der Waals surface area contributed by atoms with Crippen molar-refractivity contribution in [2.75, 3.05) is 0 Å². The second-order valence-corrected chi connectivity index (χ2v) is 4.81. The van der Waals surface area contributed by atoms with Gasteiger partial charge >= 0.3 is 11.9 Å². The smallest absolute Gasteiger partial charge is 0.303 e. The highest BCUT2D eigenvalue weighted by Crippen LogP contribution is 2.46. The van der Waals surface area contributed by atoms with Crippen LogP contribution >= 0.6 is 0 Å². The minimum Gasteiger partial charge on any atom is -0.459 e.